The molecule has 3 rings (SSSR count). The molecule has 0 unspecified atom stereocenters. The molecule has 0 atom stereocenters. The summed E-state index contributed by atoms with van der Waals surface area (Å²) in [7, 11) is 0. The number of carbonyl (C=O) groups is 1. The van der Waals surface area contributed by atoms with E-state index >= 15 is 0 Å². The van der Waals surface area contributed by atoms with Gasteiger partial charge in [-0.05, 0) is 42.7 Å². The maximum Gasteiger partial charge on any atom is 0.130 e. The lowest BCUT2D eigenvalue weighted by molar-refractivity contribution is -0.116. The van der Waals surface area contributed by atoms with E-state index in [1.165, 1.54) is 16.8 Å². The third-order valence-electron chi connectivity index (χ3n) is 3.79. The number of ketones is 1. The van der Waals surface area contributed by atoms with Gasteiger partial charge in [0.25, 0.3) is 0 Å². The second-order valence-corrected chi connectivity index (χ2v) is 5.49. The quantitative estimate of drug-likeness (QED) is 0.671. The van der Waals surface area contributed by atoms with Gasteiger partial charge in [-0.1, -0.05) is 48.6 Å². The molecule has 0 aliphatic carbocycles. The lowest BCUT2D eigenvalue weighted by Crippen LogP contribution is -1.99. The van der Waals surface area contributed by atoms with E-state index in [1.54, 1.807) is 6.92 Å². The van der Waals surface area contributed by atoms with Gasteiger partial charge in [-0.2, -0.15) is 0 Å². The van der Waals surface area contributed by atoms with Crippen LogP contribution in [0, 0.1) is 0 Å². The summed E-state index contributed by atoms with van der Waals surface area (Å²) in [6.45, 7) is 1.65. The minimum atomic E-state index is 0.226. The lowest BCUT2D eigenvalue weighted by Gasteiger charge is -2.03. The fourth-order valence-corrected chi connectivity index (χ4v) is 2.66. The molecule has 0 fully saturated rings. The third kappa shape index (κ3) is 3.17. The van der Waals surface area contributed by atoms with Crippen molar-refractivity contribution < 1.29 is 4.79 Å². The van der Waals surface area contributed by atoms with E-state index in [2.05, 4.69) is 47.0 Å². The Bertz CT molecular complexity index is 812. The van der Waals surface area contributed by atoms with Gasteiger partial charge in [-0.25, -0.2) is 0 Å². The average Bonchev–Trinajstić information content (AvgIpc) is 2.89. The van der Waals surface area contributed by atoms with Gasteiger partial charge in [0, 0.05) is 23.8 Å². The molecule has 2 aromatic heterocycles. The first-order chi connectivity index (χ1) is 10.7. The average molecular weight is 289 g/mol. The zero-order valence-electron chi connectivity index (χ0n) is 12.7. The standard InChI is InChI=1S/C20H19NO/c1-16(22)10-13-20-18(12-11-17-7-3-2-4-8-17)15-19-9-5-6-14-21(19)20/h2-9,11-12,14-15H,10,13H2,1H3/b12-11+. The summed E-state index contributed by atoms with van der Waals surface area (Å²) in [5, 5.41) is 0. The summed E-state index contributed by atoms with van der Waals surface area (Å²) in [5.74, 6) is 0.226. The molecule has 1 aromatic carbocycles. The minimum Gasteiger partial charge on any atom is -0.320 e. The second-order valence-electron chi connectivity index (χ2n) is 5.49. The maximum absolute atomic E-state index is 11.3. The van der Waals surface area contributed by atoms with Gasteiger partial charge in [0.1, 0.15) is 5.78 Å². The molecule has 0 amide bonds. The highest BCUT2D eigenvalue weighted by Crippen LogP contribution is 2.21. The molecule has 2 heteroatoms. The number of aryl methyl sites for hydroxylation is 1. The van der Waals surface area contributed by atoms with Crippen LogP contribution in [0.4, 0.5) is 0 Å². The van der Waals surface area contributed by atoms with Crippen molar-refractivity contribution in [3.05, 3.63) is 77.6 Å². The summed E-state index contributed by atoms with van der Waals surface area (Å²) in [6.07, 6.45) is 7.66. The summed E-state index contributed by atoms with van der Waals surface area (Å²) in [4.78, 5) is 11.3. The highest BCUT2D eigenvalue weighted by molar-refractivity contribution is 5.77. The normalized spacial score (nSPS) is 11.3. The molecule has 0 spiro atoms. The molecule has 0 bridgehead atoms. The summed E-state index contributed by atoms with van der Waals surface area (Å²) in [6, 6.07) is 18.6. The van der Waals surface area contributed by atoms with E-state index in [4.69, 9.17) is 0 Å². The van der Waals surface area contributed by atoms with Gasteiger partial charge in [-0.15, -0.1) is 0 Å². The smallest absolute Gasteiger partial charge is 0.130 e. The summed E-state index contributed by atoms with van der Waals surface area (Å²) < 4.78 is 2.17. The van der Waals surface area contributed by atoms with Crippen LogP contribution in [0.15, 0.2) is 60.8 Å². The van der Waals surface area contributed by atoms with Crippen LogP contribution in [0.3, 0.4) is 0 Å². The van der Waals surface area contributed by atoms with E-state index in [0.29, 0.717) is 6.42 Å². The second kappa shape index (κ2) is 6.44. The molecular weight excluding hydrogens is 270 g/mol. The predicted molar refractivity (Wildman–Crippen MR) is 91.8 cm³/mol. The first-order valence-electron chi connectivity index (χ1n) is 7.55. The zero-order valence-corrected chi connectivity index (χ0v) is 12.7. The maximum atomic E-state index is 11.3. The number of pyridine rings is 1. The van der Waals surface area contributed by atoms with Crippen molar-refractivity contribution in [1.82, 2.24) is 4.40 Å². The zero-order chi connectivity index (χ0) is 15.4. The van der Waals surface area contributed by atoms with Crippen LogP contribution in [-0.4, -0.2) is 10.2 Å². The van der Waals surface area contributed by atoms with Crippen molar-refractivity contribution in [2.45, 2.75) is 19.8 Å². The molecule has 2 nitrogen and oxygen atoms in total. The first kappa shape index (κ1) is 14.3. The van der Waals surface area contributed by atoms with Crippen molar-refractivity contribution >= 4 is 23.5 Å². The Hall–Kier alpha value is -2.61. The van der Waals surface area contributed by atoms with Crippen molar-refractivity contribution in [2.24, 2.45) is 0 Å². The van der Waals surface area contributed by atoms with E-state index in [-0.39, 0.29) is 5.78 Å². The largest absolute Gasteiger partial charge is 0.320 e. The number of nitrogens with zero attached hydrogens (tertiary/aromatic N) is 1. The van der Waals surface area contributed by atoms with Crippen LogP contribution >= 0.6 is 0 Å². The van der Waals surface area contributed by atoms with Gasteiger partial charge in [0.15, 0.2) is 0 Å². The third-order valence-corrected chi connectivity index (χ3v) is 3.79. The summed E-state index contributed by atoms with van der Waals surface area (Å²) >= 11 is 0. The highest BCUT2D eigenvalue weighted by atomic mass is 16.1. The molecule has 0 N–H and O–H groups in total. The Kier molecular flexibility index (Phi) is 4.19. The first-order valence-corrected chi connectivity index (χ1v) is 7.55. The van der Waals surface area contributed by atoms with Crippen LogP contribution in [0.1, 0.15) is 30.2 Å². The Labute approximate surface area is 130 Å². The SMILES string of the molecule is CC(=O)CCc1c(/C=C/c2ccccc2)cc2ccccn12. The number of hydrogen-bond donors (Lipinski definition) is 0. The van der Waals surface area contributed by atoms with Crippen molar-refractivity contribution in [3.63, 3.8) is 0 Å². The molecule has 110 valence electrons. The van der Waals surface area contributed by atoms with Gasteiger partial charge >= 0.3 is 0 Å². The van der Waals surface area contributed by atoms with E-state index in [9.17, 15) is 4.79 Å². The van der Waals surface area contributed by atoms with Crippen molar-refractivity contribution in [3.8, 4) is 0 Å². The highest BCUT2D eigenvalue weighted by Gasteiger charge is 2.08. The Morgan fingerprint density at radius 3 is 2.59 bits per heavy atom. The predicted octanol–water partition coefficient (Wildman–Crippen LogP) is 4.63. The van der Waals surface area contributed by atoms with E-state index in [0.717, 1.165) is 11.9 Å². The van der Waals surface area contributed by atoms with Crippen LogP contribution in [-0.2, 0) is 11.2 Å². The van der Waals surface area contributed by atoms with E-state index in [1.807, 2.05) is 30.3 Å². The molecule has 0 saturated carbocycles. The van der Waals surface area contributed by atoms with Gasteiger partial charge in [0.05, 0.1) is 0 Å². The number of fused-ring (bicyclic) bond motifs is 1. The molecule has 0 aliphatic heterocycles. The number of hydrogen-bond acceptors (Lipinski definition) is 1. The number of Topliss-reactive ketones (excluding diaryl/α,β-unsaturated/α-hetero) is 1. The fraction of sp³-hybridized carbons (Fsp3) is 0.150. The molecule has 22 heavy (non-hydrogen) atoms. The number of aromatic nitrogens is 1. The molecule has 0 aliphatic rings. The molecule has 0 saturated heterocycles. The van der Waals surface area contributed by atoms with Crippen molar-refractivity contribution in [1.29, 1.82) is 0 Å². The lowest BCUT2D eigenvalue weighted by atomic mass is 10.1. The van der Waals surface area contributed by atoms with Crippen LogP contribution in [0.25, 0.3) is 17.7 Å². The van der Waals surface area contributed by atoms with E-state index < -0.39 is 0 Å². The molecular formula is C20H19NO. The molecule has 3 aromatic rings. The topological polar surface area (TPSA) is 21.5 Å². The van der Waals surface area contributed by atoms with Gasteiger partial charge in [0.2, 0.25) is 0 Å². The summed E-state index contributed by atoms with van der Waals surface area (Å²) in [5.41, 5.74) is 4.71. The number of carbonyl (C=O) groups excluding carboxylic acids is 1. The number of benzene rings is 1. The monoisotopic (exact) mass is 289 g/mol. The Morgan fingerprint density at radius 2 is 1.82 bits per heavy atom. The minimum absolute atomic E-state index is 0.226. The Morgan fingerprint density at radius 1 is 1.05 bits per heavy atom. The van der Waals surface area contributed by atoms with Crippen molar-refractivity contribution in [2.75, 3.05) is 0 Å². The van der Waals surface area contributed by atoms with Crippen LogP contribution < -0.4 is 0 Å². The van der Waals surface area contributed by atoms with Gasteiger partial charge in [-0.3, -0.25) is 0 Å². The van der Waals surface area contributed by atoms with Crippen LogP contribution in [0.5, 0.6) is 0 Å². The van der Waals surface area contributed by atoms with Gasteiger partial charge < -0.3 is 9.20 Å². The van der Waals surface area contributed by atoms with Crippen LogP contribution in [0.2, 0.25) is 0 Å². The number of rotatable bonds is 5. The molecule has 0 radical (unpaired) electrons. The molecule has 2 heterocycles. The fourth-order valence-electron chi connectivity index (χ4n) is 2.66. The Balaban J connectivity index is 1.98.